The fraction of sp³-hybridized carbons (Fsp3) is 0.429. The van der Waals surface area contributed by atoms with E-state index in [-0.39, 0.29) is 0 Å². The second-order valence-corrected chi connectivity index (χ2v) is 7.07. The lowest BCUT2D eigenvalue weighted by atomic mass is 9.67. The molecule has 1 fully saturated rings. The Kier molecular flexibility index (Phi) is 3.25. The van der Waals surface area contributed by atoms with Crippen LogP contribution in [-0.4, -0.2) is 6.04 Å². The second kappa shape index (κ2) is 5.15. The molecule has 0 saturated heterocycles. The van der Waals surface area contributed by atoms with Gasteiger partial charge in [0.15, 0.2) is 0 Å². The number of anilines is 2. The van der Waals surface area contributed by atoms with E-state index in [1.807, 2.05) is 0 Å². The van der Waals surface area contributed by atoms with Crippen LogP contribution in [0.25, 0.3) is 0 Å². The molecule has 0 amide bonds. The minimum absolute atomic E-state index is 0.358. The molecule has 0 radical (unpaired) electrons. The van der Waals surface area contributed by atoms with E-state index in [0.717, 1.165) is 0 Å². The van der Waals surface area contributed by atoms with Crippen LogP contribution in [0.1, 0.15) is 50.2 Å². The monoisotopic (exact) mass is 291 g/mol. The molecule has 0 bridgehead atoms. The Balaban J connectivity index is 1.89. The summed E-state index contributed by atoms with van der Waals surface area (Å²) in [6.07, 6.45) is 6.84. The first-order valence-electron chi connectivity index (χ1n) is 8.68. The van der Waals surface area contributed by atoms with Crippen LogP contribution >= 0.6 is 0 Å². The fourth-order valence-corrected chi connectivity index (χ4v) is 4.83. The molecule has 4 rings (SSSR count). The molecular formula is C21H25N. The number of rotatable bonds is 1. The van der Waals surface area contributed by atoms with E-state index in [4.69, 9.17) is 0 Å². The summed E-state index contributed by atoms with van der Waals surface area (Å²) < 4.78 is 0. The number of aryl methyl sites for hydroxylation is 1. The van der Waals surface area contributed by atoms with Crippen molar-refractivity contribution < 1.29 is 0 Å². The zero-order valence-corrected chi connectivity index (χ0v) is 13.7. The number of hydrogen-bond acceptors (Lipinski definition) is 1. The minimum Gasteiger partial charge on any atom is -0.337 e. The van der Waals surface area contributed by atoms with Gasteiger partial charge in [-0.2, -0.15) is 0 Å². The molecule has 0 unspecified atom stereocenters. The SMILES string of the molecule is Cc1ccccc1N1c2ccccc2C2(CCCCC2)[C@@H]1C. The van der Waals surface area contributed by atoms with Crippen molar-refractivity contribution in [3.63, 3.8) is 0 Å². The molecule has 1 atom stereocenters. The van der Waals surface area contributed by atoms with Gasteiger partial charge in [0, 0.05) is 22.8 Å². The molecule has 1 heterocycles. The van der Waals surface area contributed by atoms with Crippen molar-refractivity contribution in [2.75, 3.05) is 4.90 Å². The van der Waals surface area contributed by atoms with Crippen LogP contribution < -0.4 is 4.90 Å². The first kappa shape index (κ1) is 13.9. The molecule has 2 aromatic rings. The van der Waals surface area contributed by atoms with Gasteiger partial charge in [0.1, 0.15) is 0 Å². The lowest BCUT2D eigenvalue weighted by Gasteiger charge is -2.40. The molecule has 1 aliphatic carbocycles. The Labute approximate surface area is 134 Å². The molecule has 1 spiro atoms. The van der Waals surface area contributed by atoms with Crippen LogP contribution in [0, 0.1) is 6.92 Å². The third kappa shape index (κ3) is 1.84. The number of hydrogen-bond donors (Lipinski definition) is 0. The molecule has 2 aromatic carbocycles. The van der Waals surface area contributed by atoms with Crippen LogP contribution in [0.15, 0.2) is 48.5 Å². The van der Waals surface area contributed by atoms with Gasteiger partial charge in [-0.3, -0.25) is 0 Å². The van der Waals surface area contributed by atoms with Crippen LogP contribution in [-0.2, 0) is 5.41 Å². The molecule has 0 N–H and O–H groups in total. The zero-order valence-electron chi connectivity index (χ0n) is 13.7. The summed E-state index contributed by atoms with van der Waals surface area (Å²) in [5.74, 6) is 0. The maximum absolute atomic E-state index is 2.61. The topological polar surface area (TPSA) is 3.24 Å². The van der Waals surface area contributed by atoms with E-state index in [9.17, 15) is 0 Å². The maximum Gasteiger partial charge on any atom is 0.0452 e. The predicted octanol–water partition coefficient (Wildman–Crippen LogP) is 5.74. The van der Waals surface area contributed by atoms with Gasteiger partial charge in [-0.05, 0) is 49.9 Å². The predicted molar refractivity (Wildman–Crippen MR) is 94.0 cm³/mol. The van der Waals surface area contributed by atoms with Crippen LogP contribution in [0.5, 0.6) is 0 Å². The van der Waals surface area contributed by atoms with Crippen LogP contribution in [0.3, 0.4) is 0 Å². The van der Waals surface area contributed by atoms with Crippen molar-refractivity contribution >= 4 is 11.4 Å². The molecule has 1 nitrogen and oxygen atoms in total. The summed E-state index contributed by atoms with van der Waals surface area (Å²) in [6, 6.07) is 18.5. The summed E-state index contributed by atoms with van der Waals surface area (Å²) in [5, 5.41) is 0. The normalized spacial score (nSPS) is 22.8. The second-order valence-electron chi connectivity index (χ2n) is 7.07. The molecule has 22 heavy (non-hydrogen) atoms. The average Bonchev–Trinajstić information content (AvgIpc) is 2.79. The average molecular weight is 291 g/mol. The Morgan fingerprint density at radius 2 is 1.50 bits per heavy atom. The molecule has 1 aliphatic heterocycles. The van der Waals surface area contributed by atoms with E-state index >= 15 is 0 Å². The Hall–Kier alpha value is -1.76. The molecule has 0 aromatic heterocycles. The summed E-state index contributed by atoms with van der Waals surface area (Å²) in [4.78, 5) is 2.61. The quantitative estimate of drug-likeness (QED) is 0.648. The molecule has 114 valence electrons. The van der Waals surface area contributed by atoms with Gasteiger partial charge in [-0.25, -0.2) is 0 Å². The van der Waals surface area contributed by atoms with Crippen molar-refractivity contribution in [2.45, 2.75) is 57.4 Å². The van der Waals surface area contributed by atoms with Crippen LogP contribution in [0.4, 0.5) is 11.4 Å². The molecular weight excluding hydrogens is 266 g/mol. The summed E-state index contributed by atoms with van der Waals surface area (Å²) in [5.41, 5.74) is 6.13. The molecule has 2 aliphatic rings. The van der Waals surface area contributed by atoms with Crippen molar-refractivity contribution in [1.29, 1.82) is 0 Å². The van der Waals surface area contributed by atoms with Gasteiger partial charge in [0.2, 0.25) is 0 Å². The Morgan fingerprint density at radius 3 is 2.23 bits per heavy atom. The van der Waals surface area contributed by atoms with E-state index in [1.54, 1.807) is 5.56 Å². The third-order valence-electron chi connectivity index (χ3n) is 6.01. The molecule has 1 saturated carbocycles. The van der Waals surface area contributed by atoms with Crippen molar-refractivity contribution in [3.8, 4) is 0 Å². The van der Waals surface area contributed by atoms with E-state index in [1.165, 1.54) is 49.0 Å². The van der Waals surface area contributed by atoms with E-state index in [2.05, 4.69) is 67.3 Å². The standard InChI is InChI=1S/C21H25N/c1-16-10-4-6-12-19(16)22-17(2)21(14-8-3-9-15-21)18-11-5-7-13-20(18)22/h4-7,10-13,17H,3,8-9,14-15H2,1-2H3/t17-/m0/s1. The largest absolute Gasteiger partial charge is 0.337 e. The highest BCUT2D eigenvalue weighted by atomic mass is 15.2. The fourth-order valence-electron chi connectivity index (χ4n) is 4.83. The summed E-state index contributed by atoms with van der Waals surface area (Å²) >= 11 is 0. The lowest BCUT2D eigenvalue weighted by molar-refractivity contribution is 0.268. The number of benzene rings is 2. The number of nitrogens with zero attached hydrogens (tertiary/aromatic N) is 1. The van der Waals surface area contributed by atoms with Gasteiger partial charge in [-0.15, -0.1) is 0 Å². The van der Waals surface area contributed by atoms with E-state index < -0.39 is 0 Å². The van der Waals surface area contributed by atoms with Crippen molar-refractivity contribution in [2.24, 2.45) is 0 Å². The first-order chi connectivity index (χ1) is 10.7. The van der Waals surface area contributed by atoms with Crippen molar-refractivity contribution in [1.82, 2.24) is 0 Å². The minimum atomic E-state index is 0.358. The third-order valence-corrected chi connectivity index (χ3v) is 6.01. The zero-order chi connectivity index (χ0) is 15.2. The van der Waals surface area contributed by atoms with Gasteiger partial charge in [0.25, 0.3) is 0 Å². The highest BCUT2D eigenvalue weighted by molar-refractivity contribution is 5.75. The van der Waals surface area contributed by atoms with Gasteiger partial charge >= 0.3 is 0 Å². The highest BCUT2D eigenvalue weighted by Gasteiger charge is 2.49. The van der Waals surface area contributed by atoms with Gasteiger partial charge in [0.05, 0.1) is 0 Å². The van der Waals surface area contributed by atoms with Gasteiger partial charge in [-0.1, -0.05) is 55.7 Å². The Morgan fingerprint density at radius 1 is 0.864 bits per heavy atom. The summed E-state index contributed by atoms with van der Waals surface area (Å²) in [6.45, 7) is 4.67. The van der Waals surface area contributed by atoms with Crippen molar-refractivity contribution in [3.05, 3.63) is 59.7 Å². The summed E-state index contributed by atoms with van der Waals surface area (Å²) in [7, 11) is 0. The lowest BCUT2D eigenvalue weighted by Crippen LogP contribution is -2.42. The first-order valence-corrected chi connectivity index (χ1v) is 8.68. The maximum atomic E-state index is 2.61. The van der Waals surface area contributed by atoms with Crippen LogP contribution in [0.2, 0.25) is 0 Å². The smallest absolute Gasteiger partial charge is 0.0452 e. The van der Waals surface area contributed by atoms with E-state index in [0.29, 0.717) is 11.5 Å². The van der Waals surface area contributed by atoms with Gasteiger partial charge < -0.3 is 4.90 Å². The molecule has 1 heteroatoms. The number of para-hydroxylation sites is 2. The Bertz CT molecular complexity index is 682. The number of fused-ring (bicyclic) bond motifs is 2. The highest BCUT2D eigenvalue weighted by Crippen LogP contribution is 2.55.